The van der Waals surface area contributed by atoms with E-state index in [0.29, 0.717) is 12.8 Å². The fourth-order valence-electron chi connectivity index (χ4n) is 6.59. The molecule has 8 heteroatoms. The maximum Gasteiger partial charge on any atom is 0.306 e. The second kappa shape index (κ2) is 34.1. The number of rotatable bonds is 34. The molecule has 2 N–H and O–H groups in total. The number of carbonyl (C=O) groups excluding carboxylic acids is 2. The van der Waals surface area contributed by atoms with Gasteiger partial charge in [-0.3, -0.25) is 9.59 Å². The molecule has 0 aromatic heterocycles. The van der Waals surface area contributed by atoms with Gasteiger partial charge in [-0.25, -0.2) is 0 Å². The molecular weight excluding hydrogens is 644 g/mol. The predicted molar refractivity (Wildman–Crippen MR) is 207 cm³/mol. The lowest BCUT2D eigenvalue weighted by atomic mass is 9.98. The normalized spacial score (nSPS) is 20.8. The topological polar surface area (TPSA) is 112 Å². The van der Waals surface area contributed by atoms with Crippen molar-refractivity contribution in [3.63, 3.8) is 0 Å². The van der Waals surface area contributed by atoms with Crippen molar-refractivity contribution in [1.82, 2.24) is 0 Å². The molecule has 0 bridgehead atoms. The molecule has 1 heterocycles. The summed E-state index contributed by atoms with van der Waals surface area (Å²) in [7, 11) is 1.39. The van der Waals surface area contributed by atoms with Gasteiger partial charge in [-0.15, -0.1) is 0 Å². The summed E-state index contributed by atoms with van der Waals surface area (Å²) in [5.74, 6) is -0.917. The first kappa shape index (κ1) is 47.3. The average Bonchev–Trinajstić information content (AvgIpc) is 3.13. The summed E-state index contributed by atoms with van der Waals surface area (Å²) in [6.45, 7) is 4.01. The van der Waals surface area contributed by atoms with Gasteiger partial charge in [0.25, 0.3) is 0 Å². The van der Waals surface area contributed by atoms with Crippen molar-refractivity contribution in [2.45, 2.75) is 224 Å². The Bertz CT molecular complexity index is 874. The maximum atomic E-state index is 12.8. The molecule has 1 aliphatic rings. The number of carbonyl (C=O) groups is 2. The van der Waals surface area contributed by atoms with E-state index < -0.39 is 49.3 Å². The van der Waals surface area contributed by atoms with E-state index in [2.05, 4.69) is 38.2 Å². The lowest BCUT2D eigenvalue weighted by molar-refractivity contribution is -0.300. The summed E-state index contributed by atoms with van der Waals surface area (Å²) in [6, 6.07) is 0. The molecular formula is C43H78O8. The van der Waals surface area contributed by atoms with E-state index in [1.54, 1.807) is 0 Å². The number of aliphatic hydroxyl groups is 2. The molecule has 298 valence electrons. The molecule has 8 nitrogen and oxygen atoms in total. The molecule has 1 fully saturated rings. The van der Waals surface area contributed by atoms with Gasteiger partial charge in [-0.05, 0) is 64.2 Å². The third kappa shape index (κ3) is 25.0. The molecule has 0 radical (unpaired) electrons. The Kier molecular flexibility index (Phi) is 31.6. The van der Waals surface area contributed by atoms with E-state index in [9.17, 15) is 19.8 Å². The number of esters is 2. The fraction of sp³-hybridized carbons (Fsp3) is 0.860. The monoisotopic (exact) mass is 723 g/mol. The quantitative estimate of drug-likeness (QED) is 0.0384. The first-order chi connectivity index (χ1) is 25.0. The third-order valence-corrected chi connectivity index (χ3v) is 9.85. The van der Waals surface area contributed by atoms with Crippen molar-refractivity contribution >= 4 is 11.9 Å². The zero-order valence-corrected chi connectivity index (χ0v) is 33.0. The highest BCUT2D eigenvalue weighted by Crippen LogP contribution is 2.28. The second-order valence-corrected chi connectivity index (χ2v) is 14.5. The van der Waals surface area contributed by atoms with Crippen LogP contribution in [0.2, 0.25) is 0 Å². The van der Waals surface area contributed by atoms with E-state index in [1.807, 2.05) is 0 Å². The zero-order valence-electron chi connectivity index (χ0n) is 33.0. The molecule has 51 heavy (non-hydrogen) atoms. The second-order valence-electron chi connectivity index (χ2n) is 14.5. The molecule has 0 aliphatic carbocycles. The van der Waals surface area contributed by atoms with Crippen LogP contribution in [-0.4, -0.2) is 66.6 Å². The lowest BCUT2D eigenvalue weighted by Gasteiger charge is -2.42. The fourth-order valence-corrected chi connectivity index (χ4v) is 6.59. The molecule has 1 saturated heterocycles. The zero-order chi connectivity index (χ0) is 37.2. The Hall–Kier alpha value is -1.74. The van der Waals surface area contributed by atoms with Crippen LogP contribution in [0.4, 0.5) is 0 Å². The van der Waals surface area contributed by atoms with Gasteiger partial charge >= 0.3 is 11.9 Å². The Labute approximate surface area is 312 Å². The van der Waals surface area contributed by atoms with Crippen molar-refractivity contribution in [2.75, 3.05) is 13.7 Å². The number of ether oxygens (including phenoxy) is 4. The summed E-state index contributed by atoms with van der Waals surface area (Å²) >= 11 is 0. The summed E-state index contributed by atoms with van der Waals surface area (Å²) in [4.78, 5) is 25.6. The minimum atomic E-state index is -1.35. The van der Waals surface area contributed by atoms with Gasteiger partial charge in [-0.1, -0.05) is 141 Å². The van der Waals surface area contributed by atoms with Crippen molar-refractivity contribution in [3.05, 3.63) is 24.3 Å². The van der Waals surface area contributed by atoms with Crippen molar-refractivity contribution in [3.8, 4) is 0 Å². The van der Waals surface area contributed by atoms with Crippen LogP contribution in [0.15, 0.2) is 24.3 Å². The van der Waals surface area contributed by atoms with Gasteiger partial charge in [0, 0.05) is 20.0 Å². The molecule has 5 atom stereocenters. The van der Waals surface area contributed by atoms with Gasteiger partial charge in [0.2, 0.25) is 0 Å². The minimum absolute atomic E-state index is 0.208. The molecule has 0 spiro atoms. The number of unbranched alkanes of at least 4 members (excludes halogenated alkanes) is 22. The van der Waals surface area contributed by atoms with Gasteiger partial charge < -0.3 is 29.2 Å². The van der Waals surface area contributed by atoms with Gasteiger partial charge in [-0.2, -0.15) is 0 Å². The minimum Gasteiger partial charge on any atom is -0.455 e. The predicted octanol–water partition coefficient (Wildman–Crippen LogP) is 10.6. The molecule has 1 unspecified atom stereocenters. The molecule has 0 saturated carbocycles. The first-order valence-electron chi connectivity index (χ1n) is 21.1. The van der Waals surface area contributed by atoms with Crippen LogP contribution >= 0.6 is 0 Å². The SMILES string of the molecule is CCCCCCCC/C=C\CCCCCCCC(=O)O[C@H]1[C@H](O)[C@@H](CO)OC(OC)[C@@H]1OC(=O)CCCCCCC/C=C\CCCCCCCC. The average molecular weight is 723 g/mol. The lowest BCUT2D eigenvalue weighted by Crippen LogP contribution is -2.61. The van der Waals surface area contributed by atoms with Crippen LogP contribution in [0.25, 0.3) is 0 Å². The molecule has 0 aromatic carbocycles. The van der Waals surface area contributed by atoms with Crippen LogP contribution in [0, 0.1) is 0 Å². The number of allylic oxidation sites excluding steroid dienone is 4. The van der Waals surface area contributed by atoms with E-state index in [-0.39, 0.29) is 12.8 Å². The highest BCUT2D eigenvalue weighted by molar-refractivity contribution is 5.70. The number of aliphatic hydroxyl groups excluding tert-OH is 2. The van der Waals surface area contributed by atoms with E-state index in [1.165, 1.54) is 97.0 Å². The van der Waals surface area contributed by atoms with Crippen molar-refractivity contribution in [1.29, 1.82) is 0 Å². The maximum absolute atomic E-state index is 12.8. The Morgan fingerprint density at radius 3 is 1.27 bits per heavy atom. The number of hydrogen-bond acceptors (Lipinski definition) is 8. The van der Waals surface area contributed by atoms with Gasteiger partial charge in [0.1, 0.15) is 12.2 Å². The van der Waals surface area contributed by atoms with Crippen LogP contribution in [0.1, 0.15) is 194 Å². The summed E-state index contributed by atoms with van der Waals surface area (Å²) in [5.41, 5.74) is 0. The Morgan fingerprint density at radius 1 is 0.549 bits per heavy atom. The van der Waals surface area contributed by atoms with E-state index in [4.69, 9.17) is 18.9 Å². The van der Waals surface area contributed by atoms with Crippen molar-refractivity contribution in [2.24, 2.45) is 0 Å². The third-order valence-electron chi connectivity index (χ3n) is 9.85. The van der Waals surface area contributed by atoms with Gasteiger partial charge in [0.15, 0.2) is 18.5 Å². The molecule has 0 amide bonds. The standard InChI is InChI=1S/C43H78O8/c1-4-6-8-10-12-14-16-18-20-22-24-26-28-30-32-34-38(45)50-41-40(47)37(36-44)49-43(48-3)42(41)51-39(46)35-33-31-29-27-25-23-21-19-17-15-13-11-9-7-5-2/h18-21,37,40-44,47H,4-17,22-36H2,1-3H3/b20-18-,21-19-/t37-,40-,41+,42-,43?/m1/s1. The van der Waals surface area contributed by atoms with Crippen LogP contribution < -0.4 is 0 Å². The van der Waals surface area contributed by atoms with Crippen LogP contribution in [0.5, 0.6) is 0 Å². The largest absolute Gasteiger partial charge is 0.455 e. The highest BCUT2D eigenvalue weighted by Gasteiger charge is 2.49. The van der Waals surface area contributed by atoms with Crippen LogP contribution in [0.3, 0.4) is 0 Å². The molecule has 1 rings (SSSR count). The van der Waals surface area contributed by atoms with Crippen LogP contribution in [-0.2, 0) is 28.5 Å². The molecule has 1 aliphatic heterocycles. The summed E-state index contributed by atoms with van der Waals surface area (Å²) in [5, 5.41) is 20.6. The number of hydrogen-bond donors (Lipinski definition) is 2. The van der Waals surface area contributed by atoms with E-state index >= 15 is 0 Å². The van der Waals surface area contributed by atoms with Crippen molar-refractivity contribution < 1.29 is 38.7 Å². The summed E-state index contributed by atoms with van der Waals surface area (Å²) < 4.78 is 22.4. The van der Waals surface area contributed by atoms with E-state index in [0.717, 1.165) is 64.2 Å². The highest BCUT2D eigenvalue weighted by atomic mass is 16.7. The first-order valence-corrected chi connectivity index (χ1v) is 21.1. The number of methoxy groups -OCH3 is 1. The van der Waals surface area contributed by atoms with Gasteiger partial charge in [0.05, 0.1) is 6.61 Å². The Balaban J connectivity index is 2.29. The summed E-state index contributed by atoms with van der Waals surface area (Å²) in [6.07, 6.45) is 34.3. The smallest absolute Gasteiger partial charge is 0.306 e. The molecule has 0 aromatic rings. The Morgan fingerprint density at radius 2 is 0.902 bits per heavy atom.